The molecule has 29 heavy (non-hydrogen) atoms. The van der Waals surface area contributed by atoms with E-state index < -0.39 is 5.60 Å². The van der Waals surface area contributed by atoms with Crippen molar-refractivity contribution in [2.75, 3.05) is 26.7 Å². The Hall–Kier alpha value is -2.66. The largest absolute Gasteiger partial charge is 0.361 e. The summed E-state index contributed by atoms with van der Waals surface area (Å²) in [5.74, 6) is -0.104. The lowest BCUT2D eigenvalue weighted by atomic mass is 9.90. The molecule has 2 aromatic rings. The molecule has 2 aromatic carbocycles. The first-order valence-electron chi connectivity index (χ1n) is 10.3. The van der Waals surface area contributed by atoms with E-state index in [0.29, 0.717) is 26.0 Å². The van der Waals surface area contributed by atoms with Gasteiger partial charge in [0.05, 0.1) is 13.2 Å². The second kappa shape index (κ2) is 9.23. The van der Waals surface area contributed by atoms with Gasteiger partial charge in [-0.25, -0.2) is 0 Å². The van der Waals surface area contributed by atoms with Gasteiger partial charge in [-0.1, -0.05) is 61.0 Å². The smallest absolute Gasteiger partial charge is 0.254 e. The number of nitrogens with one attached hydrogen (secondary N) is 1. The quantitative estimate of drug-likeness (QED) is 0.817. The van der Waals surface area contributed by atoms with E-state index in [9.17, 15) is 9.59 Å². The van der Waals surface area contributed by atoms with E-state index in [-0.39, 0.29) is 18.4 Å². The lowest BCUT2D eigenvalue weighted by Gasteiger charge is -2.41. The van der Waals surface area contributed by atoms with Crippen molar-refractivity contribution < 1.29 is 14.3 Å². The molecule has 5 heteroatoms. The zero-order valence-electron chi connectivity index (χ0n) is 17.5. The molecule has 0 unspecified atom stereocenters. The molecule has 0 bridgehead atoms. The molecule has 0 saturated carbocycles. The van der Waals surface area contributed by atoms with Crippen LogP contribution in [0.1, 0.15) is 30.9 Å². The summed E-state index contributed by atoms with van der Waals surface area (Å²) in [6.07, 6.45) is 1.72. The number of benzene rings is 2. The molecule has 0 aliphatic carbocycles. The van der Waals surface area contributed by atoms with Crippen LogP contribution in [0, 0.1) is 6.92 Å². The second-order valence-electron chi connectivity index (χ2n) is 7.73. The number of aryl methyl sites for hydroxylation is 1. The molecule has 1 heterocycles. The average molecular weight is 395 g/mol. The lowest BCUT2D eigenvalue weighted by molar-refractivity contribution is -0.165. The van der Waals surface area contributed by atoms with Gasteiger partial charge in [0.1, 0.15) is 0 Å². The Labute approximate surface area is 173 Å². The molecule has 0 spiro atoms. The summed E-state index contributed by atoms with van der Waals surface area (Å²) < 4.78 is 6.01. The van der Waals surface area contributed by atoms with Gasteiger partial charge in [0.25, 0.3) is 5.91 Å². The van der Waals surface area contributed by atoms with Crippen LogP contribution >= 0.6 is 0 Å². The average Bonchev–Trinajstić information content (AvgIpc) is 2.74. The Kier molecular flexibility index (Phi) is 6.70. The zero-order chi connectivity index (χ0) is 20.9. The molecule has 3 rings (SSSR count). The molecule has 5 nitrogen and oxygen atoms in total. The highest BCUT2D eigenvalue weighted by molar-refractivity contribution is 5.87. The first kappa shape index (κ1) is 21.1. The van der Waals surface area contributed by atoms with E-state index in [2.05, 4.69) is 48.6 Å². The summed E-state index contributed by atoms with van der Waals surface area (Å²) in [5, 5.41) is 2.73. The number of nitrogens with zero attached hydrogens (tertiary/aromatic N) is 1. The van der Waals surface area contributed by atoms with E-state index in [1.54, 1.807) is 11.9 Å². The van der Waals surface area contributed by atoms with Crippen molar-refractivity contribution in [3.63, 3.8) is 0 Å². The number of morpholine rings is 1. The number of ether oxygens (including phenoxy) is 1. The van der Waals surface area contributed by atoms with Crippen molar-refractivity contribution in [1.82, 2.24) is 10.2 Å². The van der Waals surface area contributed by atoms with E-state index in [1.165, 1.54) is 11.1 Å². The minimum Gasteiger partial charge on any atom is -0.361 e. The van der Waals surface area contributed by atoms with Gasteiger partial charge in [-0.3, -0.25) is 9.59 Å². The number of hydrogen-bond donors (Lipinski definition) is 1. The van der Waals surface area contributed by atoms with Crippen LogP contribution in [0.2, 0.25) is 0 Å². The Morgan fingerprint density at radius 3 is 2.55 bits per heavy atom. The summed E-state index contributed by atoms with van der Waals surface area (Å²) in [5.41, 5.74) is 3.48. The van der Waals surface area contributed by atoms with Crippen LogP contribution < -0.4 is 5.32 Å². The van der Waals surface area contributed by atoms with Crippen LogP contribution in [0.25, 0.3) is 11.1 Å². The molecule has 1 aliphatic heterocycles. The SMILES string of the molecule is CCCC(=O)N1CCO[C@@](Cc2ccc(-c3cccc(C)c3)cc2)(C(=O)NC)C1. The van der Waals surface area contributed by atoms with Gasteiger partial charge in [-0.2, -0.15) is 0 Å². The molecular weight excluding hydrogens is 364 g/mol. The number of amides is 2. The van der Waals surface area contributed by atoms with Crippen molar-refractivity contribution >= 4 is 11.8 Å². The molecule has 1 fully saturated rings. The van der Waals surface area contributed by atoms with Gasteiger partial charge in [-0.05, 0) is 30.0 Å². The number of carbonyl (C=O) groups excluding carboxylic acids is 2. The van der Waals surface area contributed by atoms with Crippen molar-refractivity contribution in [2.24, 2.45) is 0 Å². The zero-order valence-corrected chi connectivity index (χ0v) is 17.5. The molecule has 154 valence electrons. The fourth-order valence-electron chi connectivity index (χ4n) is 3.89. The molecule has 1 atom stereocenters. The maximum absolute atomic E-state index is 12.8. The van der Waals surface area contributed by atoms with Crippen LogP contribution in [-0.2, 0) is 20.7 Å². The Morgan fingerprint density at radius 1 is 1.14 bits per heavy atom. The highest BCUT2D eigenvalue weighted by Crippen LogP contribution is 2.27. The van der Waals surface area contributed by atoms with Crippen molar-refractivity contribution in [3.05, 3.63) is 59.7 Å². The van der Waals surface area contributed by atoms with Crippen LogP contribution in [0.15, 0.2) is 48.5 Å². The second-order valence-corrected chi connectivity index (χ2v) is 7.73. The molecule has 0 radical (unpaired) electrons. The number of carbonyl (C=O) groups is 2. The van der Waals surface area contributed by atoms with Crippen molar-refractivity contribution in [1.29, 1.82) is 0 Å². The van der Waals surface area contributed by atoms with Crippen LogP contribution in [0.4, 0.5) is 0 Å². The normalized spacial score (nSPS) is 19.1. The maximum atomic E-state index is 12.8. The third kappa shape index (κ3) is 4.85. The van der Waals surface area contributed by atoms with E-state index in [1.807, 2.05) is 19.1 Å². The van der Waals surface area contributed by atoms with E-state index in [4.69, 9.17) is 4.74 Å². The molecular formula is C24H30N2O3. The number of hydrogen-bond acceptors (Lipinski definition) is 3. The van der Waals surface area contributed by atoms with E-state index in [0.717, 1.165) is 17.5 Å². The summed E-state index contributed by atoms with van der Waals surface area (Å²) in [6.45, 7) is 5.25. The van der Waals surface area contributed by atoms with Gasteiger partial charge in [0, 0.05) is 26.4 Å². The van der Waals surface area contributed by atoms with Gasteiger partial charge >= 0.3 is 0 Å². The van der Waals surface area contributed by atoms with Crippen LogP contribution in [-0.4, -0.2) is 49.1 Å². The molecule has 0 aromatic heterocycles. The van der Waals surface area contributed by atoms with Crippen molar-refractivity contribution in [3.8, 4) is 11.1 Å². The summed E-state index contributed by atoms with van der Waals surface area (Å²) in [4.78, 5) is 27.0. The summed E-state index contributed by atoms with van der Waals surface area (Å²) in [7, 11) is 1.61. The minimum absolute atomic E-state index is 0.0823. The van der Waals surface area contributed by atoms with Crippen LogP contribution in [0.5, 0.6) is 0 Å². The molecule has 1 aliphatic rings. The van der Waals surface area contributed by atoms with Gasteiger partial charge in [0.15, 0.2) is 5.60 Å². The molecule has 1 N–H and O–H groups in total. The third-order valence-corrected chi connectivity index (χ3v) is 5.44. The number of rotatable bonds is 6. The summed E-state index contributed by atoms with van der Waals surface area (Å²) >= 11 is 0. The fourth-order valence-corrected chi connectivity index (χ4v) is 3.89. The third-order valence-electron chi connectivity index (χ3n) is 5.44. The molecule has 1 saturated heterocycles. The first-order chi connectivity index (χ1) is 14.0. The van der Waals surface area contributed by atoms with E-state index >= 15 is 0 Å². The minimum atomic E-state index is -1.05. The van der Waals surface area contributed by atoms with Crippen molar-refractivity contribution in [2.45, 2.75) is 38.7 Å². The van der Waals surface area contributed by atoms with Gasteiger partial charge in [-0.15, -0.1) is 0 Å². The summed E-state index contributed by atoms with van der Waals surface area (Å²) in [6, 6.07) is 16.6. The Balaban J connectivity index is 1.81. The topological polar surface area (TPSA) is 58.6 Å². The highest BCUT2D eigenvalue weighted by atomic mass is 16.5. The Morgan fingerprint density at radius 2 is 1.90 bits per heavy atom. The highest BCUT2D eigenvalue weighted by Gasteiger charge is 2.44. The van der Waals surface area contributed by atoms with Gasteiger partial charge in [0.2, 0.25) is 5.91 Å². The number of likely N-dealkylation sites (N-methyl/N-ethyl adjacent to an activating group) is 1. The standard InChI is InChI=1S/C24H30N2O3/c1-4-6-22(27)26-13-14-29-24(17-26,23(28)25-3)16-19-9-11-20(12-10-19)21-8-5-7-18(2)15-21/h5,7-12,15H,4,6,13-14,16-17H2,1-3H3,(H,25,28)/t24-/m1/s1. The van der Waals surface area contributed by atoms with Gasteiger partial charge < -0.3 is 15.0 Å². The first-order valence-corrected chi connectivity index (χ1v) is 10.3. The lowest BCUT2D eigenvalue weighted by Crippen LogP contribution is -2.61. The predicted molar refractivity (Wildman–Crippen MR) is 115 cm³/mol. The fraction of sp³-hybridized carbons (Fsp3) is 0.417. The maximum Gasteiger partial charge on any atom is 0.254 e. The monoisotopic (exact) mass is 394 g/mol. The Bertz CT molecular complexity index is 863. The predicted octanol–water partition coefficient (Wildman–Crippen LogP) is 3.35. The molecule has 2 amide bonds. The van der Waals surface area contributed by atoms with Crippen LogP contribution in [0.3, 0.4) is 0 Å².